The van der Waals surface area contributed by atoms with Crippen molar-refractivity contribution >= 4 is 5.69 Å². The number of anilines is 1. The van der Waals surface area contributed by atoms with Crippen molar-refractivity contribution in [3.8, 4) is 0 Å². The summed E-state index contributed by atoms with van der Waals surface area (Å²) in [5, 5.41) is 3.56. The lowest BCUT2D eigenvalue weighted by atomic mass is 9.85. The summed E-state index contributed by atoms with van der Waals surface area (Å²) in [5.41, 5.74) is 2.08. The standard InChI is InChI=1S/C14H20FN/c1-10-5-3-4-6-13(10)16-14-8-7-12(15)9-11(14)2/h7-10,13,16H,3-6H2,1-2H3. The molecule has 0 radical (unpaired) electrons. The molecule has 1 saturated carbocycles. The summed E-state index contributed by atoms with van der Waals surface area (Å²) >= 11 is 0. The van der Waals surface area contributed by atoms with Gasteiger partial charge in [0, 0.05) is 11.7 Å². The lowest BCUT2D eigenvalue weighted by Crippen LogP contribution is -2.30. The molecule has 0 aliphatic heterocycles. The molecule has 1 aromatic carbocycles. The van der Waals surface area contributed by atoms with E-state index in [0.717, 1.165) is 17.2 Å². The molecule has 1 nitrogen and oxygen atoms in total. The molecule has 1 fully saturated rings. The van der Waals surface area contributed by atoms with Gasteiger partial charge in [-0.15, -0.1) is 0 Å². The van der Waals surface area contributed by atoms with Gasteiger partial charge in [0.05, 0.1) is 0 Å². The van der Waals surface area contributed by atoms with Crippen molar-refractivity contribution in [3.05, 3.63) is 29.6 Å². The molecule has 2 heteroatoms. The summed E-state index contributed by atoms with van der Waals surface area (Å²) in [6.07, 6.45) is 5.19. The molecule has 0 saturated heterocycles. The third-order valence-electron chi connectivity index (χ3n) is 3.64. The predicted molar refractivity (Wildman–Crippen MR) is 66.2 cm³/mol. The fraction of sp³-hybridized carbons (Fsp3) is 0.571. The average Bonchev–Trinajstić information content (AvgIpc) is 2.25. The second-order valence-corrected chi connectivity index (χ2v) is 4.97. The van der Waals surface area contributed by atoms with Crippen LogP contribution in [-0.2, 0) is 0 Å². The minimum atomic E-state index is -0.153. The highest BCUT2D eigenvalue weighted by molar-refractivity contribution is 5.51. The number of rotatable bonds is 2. The van der Waals surface area contributed by atoms with Gasteiger partial charge in [0.15, 0.2) is 0 Å². The van der Waals surface area contributed by atoms with Gasteiger partial charge in [-0.2, -0.15) is 0 Å². The van der Waals surface area contributed by atoms with Crippen LogP contribution in [0, 0.1) is 18.7 Å². The first-order valence-corrected chi connectivity index (χ1v) is 6.19. The number of aryl methyl sites for hydroxylation is 1. The Morgan fingerprint density at radius 2 is 2.00 bits per heavy atom. The Hall–Kier alpha value is -1.05. The first-order valence-electron chi connectivity index (χ1n) is 6.19. The second kappa shape index (κ2) is 4.86. The molecule has 0 aromatic heterocycles. The van der Waals surface area contributed by atoms with Crippen molar-refractivity contribution in [2.45, 2.75) is 45.6 Å². The highest BCUT2D eigenvalue weighted by Crippen LogP contribution is 2.28. The van der Waals surface area contributed by atoms with Crippen molar-refractivity contribution in [3.63, 3.8) is 0 Å². The Labute approximate surface area is 97.1 Å². The highest BCUT2D eigenvalue weighted by Gasteiger charge is 2.21. The van der Waals surface area contributed by atoms with Gasteiger partial charge in [0.25, 0.3) is 0 Å². The van der Waals surface area contributed by atoms with Crippen LogP contribution in [0.15, 0.2) is 18.2 Å². The van der Waals surface area contributed by atoms with Crippen LogP contribution in [0.1, 0.15) is 38.2 Å². The first-order chi connectivity index (χ1) is 7.66. The van der Waals surface area contributed by atoms with E-state index in [4.69, 9.17) is 0 Å². The molecule has 1 aliphatic carbocycles. The van der Waals surface area contributed by atoms with Crippen molar-refractivity contribution < 1.29 is 4.39 Å². The maximum absolute atomic E-state index is 13.0. The zero-order valence-electron chi connectivity index (χ0n) is 10.1. The number of nitrogens with one attached hydrogen (secondary N) is 1. The fourth-order valence-corrected chi connectivity index (χ4v) is 2.52. The van der Waals surface area contributed by atoms with Crippen LogP contribution >= 0.6 is 0 Å². The van der Waals surface area contributed by atoms with Gasteiger partial charge < -0.3 is 5.32 Å². The molecule has 1 aliphatic rings. The molecular formula is C14H20FN. The summed E-state index contributed by atoms with van der Waals surface area (Å²) in [7, 11) is 0. The Balaban J connectivity index is 2.07. The van der Waals surface area contributed by atoms with E-state index in [1.54, 1.807) is 6.07 Å². The third kappa shape index (κ3) is 2.55. The normalized spacial score (nSPS) is 25.4. The molecular weight excluding hydrogens is 201 g/mol. The van der Waals surface area contributed by atoms with E-state index in [1.807, 2.05) is 13.0 Å². The molecule has 2 unspecified atom stereocenters. The number of benzene rings is 1. The molecule has 1 N–H and O–H groups in total. The van der Waals surface area contributed by atoms with Crippen LogP contribution in [0.3, 0.4) is 0 Å². The number of hydrogen-bond donors (Lipinski definition) is 1. The number of halogens is 1. The van der Waals surface area contributed by atoms with Gasteiger partial charge in [-0.25, -0.2) is 4.39 Å². The summed E-state index contributed by atoms with van der Waals surface area (Å²) in [6, 6.07) is 5.53. The number of hydrogen-bond acceptors (Lipinski definition) is 1. The molecule has 0 amide bonds. The quantitative estimate of drug-likeness (QED) is 0.792. The van der Waals surface area contributed by atoms with Crippen LogP contribution in [0.2, 0.25) is 0 Å². The Morgan fingerprint density at radius 1 is 1.25 bits per heavy atom. The third-order valence-corrected chi connectivity index (χ3v) is 3.64. The Morgan fingerprint density at radius 3 is 2.69 bits per heavy atom. The molecule has 2 rings (SSSR count). The molecule has 1 aromatic rings. The van der Waals surface area contributed by atoms with Crippen LogP contribution in [0.25, 0.3) is 0 Å². The SMILES string of the molecule is Cc1cc(F)ccc1NC1CCCCC1C. The topological polar surface area (TPSA) is 12.0 Å². The van der Waals surface area contributed by atoms with Crippen LogP contribution in [0.4, 0.5) is 10.1 Å². The van der Waals surface area contributed by atoms with Crippen LogP contribution in [-0.4, -0.2) is 6.04 Å². The van der Waals surface area contributed by atoms with E-state index in [9.17, 15) is 4.39 Å². The van der Waals surface area contributed by atoms with E-state index < -0.39 is 0 Å². The maximum atomic E-state index is 13.0. The first kappa shape index (κ1) is 11.4. The average molecular weight is 221 g/mol. The van der Waals surface area contributed by atoms with Crippen molar-refractivity contribution in [2.24, 2.45) is 5.92 Å². The van der Waals surface area contributed by atoms with Crippen molar-refractivity contribution in [1.82, 2.24) is 0 Å². The van der Waals surface area contributed by atoms with E-state index in [1.165, 1.54) is 31.7 Å². The summed E-state index contributed by atoms with van der Waals surface area (Å²) < 4.78 is 13.0. The molecule has 16 heavy (non-hydrogen) atoms. The smallest absolute Gasteiger partial charge is 0.123 e. The zero-order valence-corrected chi connectivity index (χ0v) is 10.1. The Bertz CT molecular complexity index is 362. The van der Waals surface area contributed by atoms with Gasteiger partial charge in [-0.1, -0.05) is 19.8 Å². The van der Waals surface area contributed by atoms with Gasteiger partial charge in [-0.3, -0.25) is 0 Å². The van der Waals surface area contributed by atoms with Gasteiger partial charge in [-0.05, 0) is 49.4 Å². The van der Waals surface area contributed by atoms with Crippen molar-refractivity contribution in [2.75, 3.05) is 5.32 Å². The summed E-state index contributed by atoms with van der Waals surface area (Å²) in [4.78, 5) is 0. The largest absolute Gasteiger partial charge is 0.382 e. The van der Waals surface area contributed by atoms with Gasteiger partial charge in [0.1, 0.15) is 5.82 Å². The minimum Gasteiger partial charge on any atom is -0.382 e. The van der Waals surface area contributed by atoms with Crippen molar-refractivity contribution in [1.29, 1.82) is 0 Å². The van der Waals surface area contributed by atoms with E-state index in [0.29, 0.717) is 6.04 Å². The van der Waals surface area contributed by atoms with Gasteiger partial charge >= 0.3 is 0 Å². The predicted octanol–water partition coefficient (Wildman–Crippen LogP) is 4.12. The molecule has 0 heterocycles. The van der Waals surface area contributed by atoms with Crippen LogP contribution in [0.5, 0.6) is 0 Å². The second-order valence-electron chi connectivity index (χ2n) is 4.97. The van der Waals surface area contributed by atoms with E-state index >= 15 is 0 Å². The maximum Gasteiger partial charge on any atom is 0.123 e. The lowest BCUT2D eigenvalue weighted by molar-refractivity contribution is 0.349. The van der Waals surface area contributed by atoms with Gasteiger partial charge in [0.2, 0.25) is 0 Å². The Kier molecular flexibility index (Phi) is 3.47. The van der Waals surface area contributed by atoms with E-state index in [2.05, 4.69) is 12.2 Å². The van der Waals surface area contributed by atoms with Crippen LogP contribution < -0.4 is 5.32 Å². The summed E-state index contributed by atoms with van der Waals surface area (Å²) in [6.45, 7) is 4.26. The molecule has 0 bridgehead atoms. The summed E-state index contributed by atoms with van der Waals surface area (Å²) in [5.74, 6) is 0.568. The lowest BCUT2D eigenvalue weighted by Gasteiger charge is -2.30. The molecule has 2 atom stereocenters. The highest BCUT2D eigenvalue weighted by atomic mass is 19.1. The minimum absolute atomic E-state index is 0.153. The fourth-order valence-electron chi connectivity index (χ4n) is 2.52. The molecule has 0 spiro atoms. The van der Waals surface area contributed by atoms with E-state index in [-0.39, 0.29) is 5.82 Å². The molecule has 88 valence electrons. The monoisotopic (exact) mass is 221 g/mol. The zero-order chi connectivity index (χ0) is 11.5.